The van der Waals surface area contributed by atoms with Gasteiger partial charge in [0.15, 0.2) is 15.4 Å². The monoisotopic (exact) mass is 558 g/mol. The van der Waals surface area contributed by atoms with Gasteiger partial charge in [0.2, 0.25) is 5.89 Å². The quantitative estimate of drug-likeness (QED) is 0.220. The second-order valence-electron chi connectivity index (χ2n) is 7.48. The predicted molar refractivity (Wildman–Crippen MR) is 128 cm³/mol. The van der Waals surface area contributed by atoms with E-state index in [1.165, 1.54) is 49.5 Å². The van der Waals surface area contributed by atoms with Crippen LogP contribution in [0.5, 0.6) is 5.75 Å². The molecule has 2 heterocycles. The summed E-state index contributed by atoms with van der Waals surface area (Å²) in [7, 11) is -7.54. The highest BCUT2D eigenvalue weighted by atomic mass is 32.2. The van der Waals surface area contributed by atoms with E-state index < -0.39 is 25.5 Å². The maximum atomic E-state index is 12.9. The fourth-order valence-electron chi connectivity index (χ4n) is 3.24. The van der Waals surface area contributed by atoms with Gasteiger partial charge in [0, 0.05) is 16.7 Å². The van der Waals surface area contributed by atoms with Crippen LogP contribution in [0.4, 0.5) is 13.2 Å². The minimum absolute atomic E-state index is 0.0844. The van der Waals surface area contributed by atoms with E-state index in [-0.39, 0.29) is 55.7 Å². The highest BCUT2D eigenvalue weighted by Gasteiger charge is 2.30. The Kier molecular flexibility index (Phi) is 6.79. The molecule has 0 fully saturated rings. The Balaban J connectivity index is 1.77. The first-order valence-corrected chi connectivity index (χ1v) is 14.4. The first kappa shape index (κ1) is 26.0. The van der Waals surface area contributed by atoms with Crippen LogP contribution in [-0.2, 0) is 20.0 Å². The van der Waals surface area contributed by atoms with Crippen molar-refractivity contribution in [1.82, 2.24) is 9.97 Å². The molecule has 0 amide bonds. The van der Waals surface area contributed by atoms with E-state index in [2.05, 4.69) is 9.97 Å². The Bertz CT molecular complexity index is 1650. The van der Waals surface area contributed by atoms with Crippen LogP contribution in [0.15, 0.2) is 68.9 Å². The number of rotatable bonds is 7. The zero-order valence-electron chi connectivity index (χ0n) is 18.6. The fraction of sp³-hybridized carbons (Fsp3) is 0.182. The molecule has 8 nitrogen and oxygen atoms in total. The number of hydrogen-bond donors (Lipinski definition) is 0. The summed E-state index contributed by atoms with van der Waals surface area (Å²) < 4.78 is 97.0. The summed E-state index contributed by atoms with van der Waals surface area (Å²) in [4.78, 5) is 8.17. The molecule has 14 heteroatoms. The molecule has 0 radical (unpaired) electrons. The van der Waals surface area contributed by atoms with Crippen LogP contribution in [0, 0.1) is 0 Å². The average Bonchev–Trinajstić information content (AvgIpc) is 3.20. The Morgan fingerprint density at radius 1 is 1.00 bits per heavy atom. The van der Waals surface area contributed by atoms with Crippen molar-refractivity contribution >= 4 is 42.8 Å². The third kappa shape index (κ3) is 5.99. The molecule has 0 atom stereocenters. The summed E-state index contributed by atoms with van der Waals surface area (Å²) in [5.41, 5.74) is -3.32. The van der Waals surface area contributed by atoms with E-state index in [1.54, 1.807) is 12.1 Å². The molecular weight excluding hydrogens is 541 g/mol. The van der Waals surface area contributed by atoms with Crippen molar-refractivity contribution in [3.05, 3.63) is 54.7 Å². The molecule has 190 valence electrons. The van der Waals surface area contributed by atoms with Crippen molar-refractivity contribution < 1.29 is 38.6 Å². The summed E-state index contributed by atoms with van der Waals surface area (Å²) >= 11 is -0.300. The smallest absolute Gasteiger partial charge is 0.435 e. The number of pyridine rings is 1. The Morgan fingerprint density at radius 2 is 1.69 bits per heavy atom. The number of oxazole rings is 1. The molecule has 0 saturated carbocycles. The molecule has 2 aromatic carbocycles. The molecule has 4 aromatic rings. The number of hydrogen-bond acceptors (Lipinski definition) is 9. The molecule has 0 aliphatic heterocycles. The topological polar surface area (TPSA) is 116 Å². The lowest BCUT2D eigenvalue weighted by Crippen LogP contribution is -2.07. The van der Waals surface area contributed by atoms with Gasteiger partial charge in [-0.3, -0.25) is 0 Å². The molecular formula is C22H17F3N2O6S3. The van der Waals surface area contributed by atoms with E-state index >= 15 is 0 Å². The second-order valence-corrected chi connectivity index (χ2v) is 12.4. The summed E-state index contributed by atoms with van der Waals surface area (Å²) in [6.45, 7) is 1.45. The maximum absolute atomic E-state index is 12.9. The predicted octanol–water partition coefficient (Wildman–Crippen LogP) is 5.30. The zero-order valence-corrected chi connectivity index (χ0v) is 21.1. The minimum Gasteiger partial charge on any atom is -0.435 e. The standard InChI is InChI=1S/C22H17F3N2O6S3/c1-3-36(30,31)19-10-14(13-4-6-15(7-5-13)33-35(2,28)29)12-26-20(19)21-27-17-11-16(34-22(23,24)25)8-9-18(17)32-21/h4-12H,3H2,1-2H3. The number of alkyl halides is 3. The highest BCUT2D eigenvalue weighted by molar-refractivity contribution is 8.00. The number of fused-ring (bicyclic) bond motifs is 1. The van der Waals surface area contributed by atoms with Gasteiger partial charge in [-0.1, -0.05) is 19.1 Å². The van der Waals surface area contributed by atoms with E-state index in [0.717, 1.165) is 6.26 Å². The largest absolute Gasteiger partial charge is 0.446 e. The van der Waals surface area contributed by atoms with Crippen molar-refractivity contribution in [2.24, 2.45) is 0 Å². The zero-order chi connectivity index (χ0) is 26.3. The van der Waals surface area contributed by atoms with E-state index in [1.807, 2.05) is 0 Å². The third-order valence-electron chi connectivity index (χ3n) is 4.80. The number of nitrogens with zero attached hydrogens (tertiary/aromatic N) is 2. The molecule has 0 aliphatic rings. The SMILES string of the molecule is CCS(=O)(=O)c1cc(-c2ccc(OS(C)(=O)=O)cc2)cnc1-c1nc2cc(SC(F)(F)F)ccc2o1. The van der Waals surface area contributed by atoms with Crippen molar-refractivity contribution in [2.75, 3.05) is 12.0 Å². The van der Waals surface area contributed by atoms with Gasteiger partial charge in [-0.2, -0.15) is 21.6 Å². The van der Waals surface area contributed by atoms with Crippen LogP contribution in [0.3, 0.4) is 0 Å². The highest BCUT2D eigenvalue weighted by Crippen LogP contribution is 2.39. The van der Waals surface area contributed by atoms with Crippen molar-refractivity contribution in [3.63, 3.8) is 0 Å². The van der Waals surface area contributed by atoms with Gasteiger partial charge in [0.25, 0.3) is 0 Å². The van der Waals surface area contributed by atoms with Crippen LogP contribution >= 0.6 is 11.8 Å². The van der Waals surface area contributed by atoms with Gasteiger partial charge >= 0.3 is 15.6 Å². The minimum atomic E-state index is -4.48. The molecule has 36 heavy (non-hydrogen) atoms. The van der Waals surface area contributed by atoms with Crippen LogP contribution in [0.25, 0.3) is 33.8 Å². The lowest BCUT2D eigenvalue weighted by atomic mass is 10.1. The maximum Gasteiger partial charge on any atom is 0.446 e. The lowest BCUT2D eigenvalue weighted by Gasteiger charge is -2.10. The van der Waals surface area contributed by atoms with Crippen LogP contribution in [0.2, 0.25) is 0 Å². The Hall–Kier alpha value is -3.10. The molecule has 0 unspecified atom stereocenters. The Labute approximate surface area is 208 Å². The number of aromatic nitrogens is 2. The fourth-order valence-corrected chi connectivity index (χ4v) is 5.33. The normalized spacial score (nSPS) is 12.7. The van der Waals surface area contributed by atoms with E-state index in [4.69, 9.17) is 8.60 Å². The molecule has 4 rings (SSSR count). The molecule has 0 saturated heterocycles. The molecule has 0 N–H and O–H groups in total. The van der Waals surface area contributed by atoms with Gasteiger partial charge in [-0.15, -0.1) is 0 Å². The number of benzene rings is 2. The Morgan fingerprint density at radius 3 is 2.31 bits per heavy atom. The van der Waals surface area contributed by atoms with E-state index in [9.17, 15) is 30.0 Å². The van der Waals surface area contributed by atoms with Crippen molar-refractivity contribution in [1.29, 1.82) is 0 Å². The van der Waals surface area contributed by atoms with E-state index in [0.29, 0.717) is 11.1 Å². The van der Waals surface area contributed by atoms with Crippen molar-refractivity contribution in [2.45, 2.75) is 22.2 Å². The van der Waals surface area contributed by atoms with Gasteiger partial charge in [-0.25, -0.2) is 18.4 Å². The lowest BCUT2D eigenvalue weighted by molar-refractivity contribution is -0.0328. The molecule has 0 bridgehead atoms. The summed E-state index contributed by atoms with van der Waals surface area (Å²) in [6.07, 6.45) is 2.30. The van der Waals surface area contributed by atoms with Crippen LogP contribution in [0.1, 0.15) is 6.92 Å². The summed E-state index contributed by atoms with van der Waals surface area (Å²) in [6, 6.07) is 11.0. The van der Waals surface area contributed by atoms with Gasteiger partial charge in [0.1, 0.15) is 17.0 Å². The number of thioether (sulfide) groups is 1. The first-order valence-electron chi connectivity index (χ1n) is 10.1. The molecule has 0 spiro atoms. The number of halogens is 3. The van der Waals surface area contributed by atoms with Gasteiger partial charge in [-0.05, 0) is 53.7 Å². The summed E-state index contributed by atoms with van der Waals surface area (Å²) in [5, 5.41) is 0. The second kappa shape index (κ2) is 9.41. The first-order chi connectivity index (χ1) is 16.7. The van der Waals surface area contributed by atoms with Crippen LogP contribution in [-0.4, -0.2) is 44.3 Å². The average molecular weight is 559 g/mol. The third-order valence-corrected chi connectivity index (χ3v) is 7.76. The molecule has 2 aromatic heterocycles. The number of sulfone groups is 1. The van der Waals surface area contributed by atoms with Crippen molar-refractivity contribution in [3.8, 4) is 28.5 Å². The molecule has 0 aliphatic carbocycles. The van der Waals surface area contributed by atoms with Crippen LogP contribution < -0.4 is 4.18 Å². The van der Waals surface area contributed by atoms with Gasteiger partial charge < -0.3 is 8.60 Å². The van der Waals surface area contributed by atoms with Gasteiger partial charge in [0.05, 0.1) is 16.9 Å². The summed E-state index contributed by atoms with van der Waals surface area (Å²) in [5.74, 6) is -0.324.